The van der Waals surface area contributed by atoms with Gasteiger partial charge in [-0.05, 0) is 37.5 Å². The summed E-state index contributed by atoms with van der Waals surface area (Å²) in [6.45, 7) is 13.0. The molecule has 0 aromatic rings. The van der Waals surface area contributed by atoms with Gasteiger partial charge in [-0.1, -0.05) is 39.3 Å². The number of allylic oxidation sites excluding steroid dienone is 2. The van der Waals surface area contributed by atoms with E-state index in [0.29, 0.717) is 18.9 Å². The molecule has 1 rings (SSSR count). The molecule has 1 amide bonds. The maximum atomic E-state index is 12.1. The number of aliphatic hydroxyl groups excluding tert-OH is 1. The Morgan fingerprint density at radius 3 is 2.42 bits per heavy atom. The van der Waals surface area contributed by atoms with Crippen LogP contribution in [0.4, 0.5) is 0 Å². The summed E-state index contributed by atoms with van der Waals surface area (Å²) in [5.41, 5.74) is 1.33. The second kappa shape index (κ2) is 6.08. The summed E-state index contributed by atoms with van der Waals surface area (Å²) in [5.74, 6) is 0.808. The molecular weight excluding hydrogens is 238 g/mol. The van der Waals surface area contributed by atoms with Crippen molar-refractivity contribution in [3.8, 4) is 0 Å². The number of hydrogen-bond donors (Lipinski definition) is 2. The van der Waals surface area contributed by atoms with Crippen LogP contribution in [0.25, 0.3) is 0 Å². The average molecular weight is 267 g/mol. The molecule has 0 aromatic carbocycles. The Kier molecular flexibility index (Phi) is 5.19. The molecule has 0 spiro atoms. The van der Waals surface area contributed by atoms with Crippen LogP contribution in [0.15, 0.2) is 11.6 Å². The third kappa shape index (κ3) is 4.07. The number of aliphatic hydroxyl groups is 1. The summed E-state index contributed by atoms with van der Waals surface area (Å²) in [4.78, 5) is 12.1. The lowest BCUT2D eigenvalue weighted by molar-refractivity contribution is -0.123. The van der Waals surface area contributed by atoms with E-state index in [1.54, 1.807) is 0 Å². The van der Waals surface area contributed by atoms with Crippen LogP contribution in [-0.2, 0) is 4.79 Å². The van der Waals surface area contributed by atoms with Gasteiger partial charge in [0, 0.05) is 6.54 Å². The Labute approximate surface area is 117 Å². The fourth-order valence-corrected chi connectivity index (χ4v) is 2.64. The van der Waals surface area contributed by atoms with Gasteiger partial charge in [-0.2, -0.15) is 0 Å². The number of carbonyl (C=O) groups excluding carboxylic acids is 1. The van der Waals surface area contributed by atoms with Crippen molar-refractivity contribution in [1.29, 1.82) is 0 Å². The van der Waals surface area contributed by atoms with Crippen molar-refractivity contribution in [3.63, 3.8) is 0 Å². The Morgan fingerprint density at radius 1 is 1.37 bits per heavy atom. The van der Waals surface area contributed by atoms with Gasteiger partial charge >= 0.3 is 0 Å². The van der Waals surface area contributed by atoms with Crippen LogP contribution < -0.4 is 5.32 Å². The molecule has 0 heterocycles. The van der Waals surface area contributed by atoms with Crippen molar-refractivity contribution in [2.45, 2.75) is 54.1 Å². The van der Waals surface area contributed by atoms with E-state index in [1.165, 1.54) is 5.57 Å². The van der Waals surface area contributed by atoms with E-state index in [9.17, 15) is 9.90 Å². The summed E-state index contributed by atoms with van der Waals surface area (Å²) in [6, 6.07) is 0. The SMILES string of the molecule is CC(C)=CC1C(C(=O)NCCC(O)C(C)C)C1(C)C. The minimum absolute atomic E-state index is 0.0675. The number of carbonyl (C=O) groups is 1. The average Bonchev–Trinajstić information content (AvgIpc) is 2.78. The summed E-state index contributed by atoms with van der Waals surface area (Å²) in [5, 5.41) is 12.7. The molecule has 1 saturated carbocycles. The van der Waals surface area contributed by atoms with Crippen LogP contribution in [-0.4, -0.2) is 23.7 Å². The number of hydrogen-bond acceptors (Lipinski definition) is 2. The van der Waals surface area contributed by atoms with E-state index in [4.69, 9.17) is 0 Å². The summed E-state index contributed by atoms with van der Waals surface area (Å²) in [6.07, 6.45) is 2.50. The molecule has 3 unspecified atom stereocenters. The van der Waals surface area contributed by atoms with E-state index < -0.39 is 0 Å². The van der Waals surface area contributed by atoms with Gasteiger partial charge in [-0.3, -0.25) is 4.79 Å². The van der Waals surface area contributed by atoms with Crippen LogP contribution in [0.3, 0.4) is 0 Å². The van der Waals surface area contributed by atoms with Gasteiger partial charge < -0.3 is 10.4 Å². The molecule has 110 valence electrons. The second-order valence-corrected chi connectivity index (χ2v) is 6.96. The van der Waals surface area contributed by atoms with Crippen molar-refractivity contribution in [3.05, 3.63) is 11.6 Å². The standard InChI is InChI=1S/C16H29NO2/c1-10(2)9-12-14(16(12,5)6)15(19)17-8-7-13(18)11(3)4/h9,11-14,18H,7-8H2,1-6H3,(H,17,19). The van der Waals surface area contributed by atoms with E-state index >= 15 is 0 Å². The van der Waals surface area contributed by atoms with Crippen LogP contribution in [0.2, 0.25) is 0 Å². The van der Waals surface area contributed by atoms with Gasteiger partial charge in [0.15, 0.2) is 0 Å². The summed E-state index contributed by atoms with van der Waals surface area (Å²) in [7, 11) is 0. The molecule has 3 nitrogen and oxygen atoms in total. The Hall–Kier alpha value is -0.830. The van der Waals surface area contributed by atoms with Crippen molar-refractivity contribution < 1.29 is 9.90 Å². The molecule has 3 atom stereocenters. The maximum absolute atomic E-state index is 12.1. The molecule has 0 radical (unpaired) electrons. The summed E-state index contributed by atoms with van der Waals surface area (Å²) >= 11 is 0. The smallest absolute Gasteiger partial charge is 0.224 e. The second-order valence-electron chi connectivity index (χ2n) is 6.96. The Morgan fingerprint density at radius 2 is 1.95 bits per heavy atom. The van der Waals surface area contributed by atoms with E-state index in [-0.39, 0.29) is 29.3 Å². The minimum Gasteiger partial charge on any atom is -0.393 e. The van der Waals surface area contributed by atoms with Crippen LogP contribution >= 0.6 is 0 Å². The molecule has 19 heavy (non-hydrogen) atoms. The Bertz CT molecular complexity index is 354. The highest BCUT2D eigenvalue weighted by Gasteiger charge is 2.60. The van der Waals surface area contributed by atoms with Gasteiger partial charge in [-0.15, -0.1) is 0 Å². The highest BCUT2D eigenvalue weighted by molar-refractivity contribution is 5.83. The van der Waals surface area contributed by atoms with Crippen molar-refractivity contribution >= 4 is 5.91 Å². The quantitative estimate of drug-likeness (QED) is 0.727. The predicted molar refractivity (Wildman–Crippen MR) is 78.7 cm³/mol. The molecule has 3 heteroatoms. The first kappa shape index (κ1) is 16.2. The van der Waals surface area contributed by atoms with Gasteiger partial charge in [0.2, 0.25) is 5.91 Å². The predicted octanol–water partition coefficient (Wildman–Crippen LogP) is 2.75. The minimum atomic E-state index is -0.332. The first-order valence-corrected chi connectivity index (χ1v) is 7.28. The van der Waals surface area contributed by atoms with Crippen LogP contribution in [0.1, 0.15) is 48.0 Å². The lowest BCUT2D eigenvalue weighted by Gasteiger charge is -2.14. The molecule has 1 fully saturated rings. The van der Waals surface area contributed by atoms with Crippen LogP contribution in [0.5, 0.6) is 0 Å². The molecule has 1 aliphatic carbocycles. The molecule has 0 saturated heterocycles. The third-order valence-electron chi connectivity index (χ3n) is 4.21. The van der Waals surface area contributed by atoms with Crippen LogP contribution in [0, 0.1) is 23.2 Å². The lowest BCUT2D eigenvalue weighted by Crippen LogP contribution is -2.31. The fourth-order valence-electron chi connectivity index (χ4n) is 2.64. The maximum Gasteiger partial charge on any atom is 0.224 e. The largest absolute Gasteiger partial charge is 0.393 e. The van der Waals surface area contributed by atoms with Gasteiger partial charge in [0.25, 0.3) is 0 Å². The lowest BCUT2D eigenvalue weighted by atomic mass is 10.0. The van der Waals surface area contributed by atoms with E-state index in [0.717, 1.165) is 0 Å². The first-order valence-electron chi connectivity index (χ1n) is 7.28. The van der Waals surface area contributed by atoms with E-state index in [1.807, 2.05) is 13.8 Å². The molecule has 0 bridgehead atoms. The van der Waals surface area contributed by atoms with Crippen molar-refractivity contribution in [1.82, 2.24) is 5.32 Å². The zero-order valence-electron chi connectivity index (χ0n) is 13.2. The van der Waals surface area contributed by atoms with Gasteiger partial charge in [0.05, 0.1) is 12.0 Å². The molecular formula is C16H29NO2. The highest BCUT2D eigenvalue weighted by atomic mass is 16.3. The number of amides is 1. The zero-order valence-corrected chi connectivity index (χ0v) is 13.2. The van der Waals surface area contributed by atoms with E-state index in [2.05, 4.69) is 39.1 Å². The molecule has 1 aliphatic rings. The third-order valence-corrected chi connectivity index (χ3v) is 4.21. The monoisotopic (exact) mass is 267 g/mol. The fraction of sp³-hybridized carbons (Fsp3) is 0.812. The van der Waals surface area contributed by atoms with Gasteiger partial charge in [0.1, 0.15) is 0 Å². The first-order chi connectivity index (χ1) is 8.67. The van der Waals surface area contributed by atoms with Crippen molar-refractivity contribution in [2.75, 3.05) is 6.54 Å². The zero-order chi connectivity index (χ0) is 14.8. The number of nitrogens with one attached hydrogen (secondary N) is 1. The molecule has 0 aromatic heterocycles. The molecule has 0 aliphatic heterocycles. The topological polar surface area (TPSA) is 49.3 Å². The Balaban J connectivity index is 2.41. The molecule has 2 N–H and O–H groups in total. The number of rotatable bonds is 6. The van der Waals surface area contributed by atoms with Gasteiger partial charge in [-0.25, -0.2) is 0 Å². The highest BCUT2D eigenvalue weighted by Crippen LogP contribution is 2.59. The summed E-state index contributed by atoms with van der Waals surface area (Å²) < 4.78 is 0. The van der Waals surface area contributed by atoms with Crippen molar-refractivity contribution in [2.24, 2.45) is 23.2 Å². The normalized spacial score (nSPS) is 25.9.